The molecule has 0 aliphatic carbocycles. The third-order valence-corrected chi connectivity index (χ3v) is 2.29. The van der Waals surface area contributed by atoms with E-state index in [9.17, 15) is 0 Å². The van der Waals surface area contributed by atoms with E-state index < -0.39 is 0 Å². The van der Waals surface area contributed by atoms with Gasteiger partial charge in [0.1, 0.15) is 0 Å². The number of nitrogens with zero attached hydrogens (tertiary/aromatic N) is 1. The molecule has 0 aliphatic rings. The summed E-state index contributed by atoms with van der Waals surface area (Å²) in [5.74, 6) is 0. The normalized spacial score (nSPS) is 12.0. The molecule has 1 N–H and O–H groups in total. The Morgan fingerprint density at radius 2 is 1.33 bits per heavy atom. The molecule has 0 unspecified atom stereocenters. The summed E-state index contributed by atoms with van der Waals surface area (Å²) in [4.78, 5) is 0. The van der Waals surface area contributed by atoms with Gasteiger partial charge in [0.05, 0.1) is 19.6 Å². The van der Waals surface area contributed by atoms with Gasteiger partial charge in [0.25, 0.3) is 0 Å². The van der Waals surface area contributed by atoms with Gasteiger partial charge >= 0.3 is 0 Å². The summed E-state index contributed by atoms with van der Waals surface area (Å²) in [5.41, 5.74) is 3.30. The van der Waals surface area contributed by atoms with Crippen molar-refractivity contribution in [1.29, 1.82) is 0 Å². The molecule has 2 nitrogen and oxygen atoms in total. The second-order valence-electron chi connectivity index (χ2n) is 2.32. The molecule has 0 aromatic heterocycles. The van der Waals surface area contributed by atoms with Crippen LogP contribution in [0, 0.1) is 0 Å². The SMILES string of the molecule is CC[N+](CC)(CC)NC. The lowest BCUT2D eigenvalue weighted by atomic mass is 10.4. The number of nitrogens with one attached hydrogen (secondary N) is 1. The van der Waals surface area contributed by atoms with Gasteiger partial charge < -0.3 is 0 Å². The summed E-state index contributed by atoms with van der Waals surface area (Å²) in [7, 11) is 2.02. The van der Waals surface area contributed by atoms with Crippen LogP contribution < -0.4 is 5.43 Å². The van der Waals surface area contributed by atoms with Crippen molar-refractivity contribution in [2.45, 2.75) is 20.8 Å². The number of quaternary nitrogens is 1. The van der Waals surface area contributed by atoms with E-state index in [-0.39, 0.29) is 0 Å². The minimum Gasteiger partial charge on any atom is -0.247 e. The van der Waals surface area contributed by atoms with E-state index in [1.165, 1.54) is 19.6 Å². The molecule has 56 valence electrons. The van der Waals surface area contributed by atoms with E-state index in [1.807, 2.05) is 7.05 Å². The van der Waals surface area contributed by atoms with E-state index in [4.69, 9.17) is 0 Å². The fourth-order valence-electron chi connectivity index (χ4n) is 1.15. The predicted octanol–water partition coefficient (Wildman–Crippen LogP) is 0.997. The molecule has 0 aromatic carbocycles. The van der Waals surface area contributed by atoms with Gasteiger partial charge in [-0.05, 0) is 20.8 Å². The molecule has 0 aromatic rings. The summed E-state index contributed by atoms with van der Waals surface area (Å²) in [6.45, 7) is 10.1. The van der Waals surface area contributed by atoms with Crippen LogP contribution >= 0.6 is 0 Å². The molecule has 0 fully saturated rings. The van der Waals surface area contributed by atoms with Crippen LogP contribution in [-0.2, 0) is 0 Å². The van der Waals surface area contributed by atoms with Crippen LogP contribution in [0.1, 0.15) is 20.8 Å². The van der Waals surface area contributed by atoms with Crippen molar-refractivity contribution < 1.29 is 4.59 Å². The fourth-order valence-corrected chi connectivity index (χ4v) is 1.15. The molecule has 0 amide bonds. The first-order valence-electron chi connectivity index (χ1n) is 3.79. The van der Waals surface area contributed by atoms with Gasteiger partial charge in [0.15, 0.2) is 0 Å². The van der Waals surface area contributed by atoms with E-state index in [0.717, 1.165) is 4.59 Å². The van der Waals surface area contributed by atoms with Crippen molar-refractivity contribution in [3.05, 3.63) is 0 Å². The van der Waals surface area contributed by atoms with Crippen LogP contribution in [0.15, 0.2) is 0 Å². The Bertz CT molecular complexity index is 49.8. The highest BCUT2D eigenvalue weighted by Crippen LogP contribution is 1.97. The molecule has 0 saturated carbocycles. The van der Waals surface area contributed by atoms with E-state index in [2.05, 4.69) is 26.2 Å². The van der Waals surface area contributed by atoms with Gasteiger partial charge in [-0.15, -0.1) is 0 Å². The summed E-state index contributed by atoms with van der Waals surface area (Å²) in [6.07, 6.45) is 0. The minimum atomic E-state index is 1.03. The maximum absolute atomic E-state index is 3.30. The van der Waals surface area contributed by atoms with Crippen molar-refractivity contribution in [2.75, 3.05) is 26.7 Å². The lowest BCUT2D eigenvalue weighted by molar-refractivity contribution is -0.963. The van der Waals surface area contributed by atoms with Crippen molar-refractivity contribution in [2.24, 2.45) is 0 Å². The topological polar surface area (TPSA) is 12.0 Å². The molecule has 0 spiro atoms. The zero-order chi connectivity index (χ0) is 7.33. The molecule has 9 heavy (non-hydrogen) atoms. The fraction of sp³-hybridized carbons (Fsp3) is 1.00. The molecular weight excluding hydrogens is 112 g/mol. The lowest BCUT2D eigenvalue weighted by Gasteiger charge is -2.33. The Morgan fingerprint density at radius 1 is 1.00 bits per heavy atom. The van der Waals surface area contributed by atoms with Gasteiger partial charge in [-0.2, -0.15) is 5.43 Å². The zero-order valence-corrected chi connectivity index (χ0v) is 7.07. The smallest absolute Gasteiger partial charge is 0.0933 e. The molecule has 0 atom stereocenters. The first-order valence-corrected chi connectivity index (χ1v) is 3.79. The van der Waals surface area contributed by atoms with Gasteiger partial charge in [0.2, 0.25) is 0 Å². The van der Waals surface area contributed by atoms with Crippen LogP contribution in [0.2, 0.25) is 0 Å². The van der Waals surface area contributed by atoms with E-state index >= 15 is 0 Å². The Kier molecular flexibility index (Phi) is 3.82. The highest BCUT2D eigenvalue weighted by atomic mass is 15.6. The second kappa shape index (κ2) is 3.85. The van der Waals surface area contributed by atoms with Crippen LogP contribution in [-0.4, -0.2) is 31.3 Å². The Balaban J connectivity index is 3.82. The standard InChI is InChI=1S/C7H19N2/c1-5-9(6-2,7-3)8-4/h8H,5-7H2,1-4H3/q+1. The van der Waals surface area contributed by atoms with E-state index in [1.54, 1.807) is 0 Å². The maximum atomic E-state index is 3.30. The second-order valence-corrected chi connectivity index (χ2v) is 2.32. The predicted molar refractivity (Wildman–Crippen MR) is 40.9 cm³/mol. The number of rotatable bonds is 4. The van der Waals surface area contributed by atoms with Crippen LogP contribution in [0.5, 0.6) is 0 Å². The van der Waals surface area contributed by atoms with Crippen LogP contribution in [0.3, 0.4) is 0 Å². The highest BCUT2D eigenvalue weighted by molar-refractivity contribution is 4.25. The Labute approximate surface area is 58.4 Å². The van der Waals surface area contributed by atoms with Gasteiger partial charge in [-0.25, -0.2) is 4.59 Å². The third-order valence-electron chi connectivity index (χ3n) is 2.29. The zero-order valence-electron chi connectivity index (χ0n) is 7.07. The van der Waals surface area contributed by atoms with Crippen LogP contribution in [0.25, 0.3) is 0 Å². The number of hydrogen-bond donors (Lipinski definition) is 1. The average molecular weight is 131 g/mol. The third kappa shape index (κ3) is 1.95. The van der Waals surface area contributed by atoms with Gasteiger partial charge in [-0.3, -0.25) is 0 Å². The molecule has 0 heterocycles. The molecule has 0 saturated heterocycles. The average Bonchev–Trinajstić information content (AvgIpc) is 1.95. The number of hydrogen-bond acceptors (Lipinski definition) is 1. The first-order chi connectivity index (χ1) is 4.24. The van der Waals surface area contributed by atoms with Crippen molar-refractivity contribution in [3.8, 4) is 0 Å². The van der Waals surface area contributed by atoms with Crippen molar-refractivity contribution >= 4 is 0 Å². The summed E-state index contributed by atoms with van der Waals surface area (Å²) < 4.78 is 1.03. The van der Waals surface area contributed by atoms with Crippen molar-refractivity contribution in [3.63, 3.8) is 0 Å². The Hall–Kier alpha value is -0.0800. The minimum absolute atomic E-state index is 1.03. The largest absolute Gasteiger partial charge is 0.247 e. The lowest BCUT2D eigenvalue weighted by Crippen LogP contribution is -2.56. The molecular formula is C7H19N2+. The molecule has 0 rings (SSSR count). The molecule has 0 aliphatic heterocycles. The van der Waals surface area contributed by atoms with Crippen LogP contribution in [0.4, 0.5) is 0 Å². The molecule has 2 heteroatoms. The molecule has 0 radical (unpaired) electrons. The summed E-state index contributed by atoms with van der Waals surface area (Å²) >= 11 is 0. The summed E-state index contributed by atoms with van der Waals surface area (Å²) in [5, 5.41) is 0. The van der Waals surface area contributed by atoms with E-state index in [0.29, 0.717) is 0 Å². The van der Waals surface area contributed by atoms with Gasteiger partial charge in [-0.1, -0.05) is 0 Å². The molecule has 0 bridgehead atoms. The van der Waals surface area contributed by atoms with Gasteiger partial charge in [0, 0.05) is 7.05 Å². The first kappa shape index (κ1) is 8.92. The summed E-state index contributed by atoms with van der Waals surface area (Å²) in [6, 6.07) is 0. The maximum Gasteiger partial charge on any atom is 0.0933 e. The Morgan fingerprint density at radius 3 is 1.33 bits per heavy atom. The van der Waals surface area contributed by atoms with Crippen molar-refractivity contribution in [1.82, 2.24) is 5.43 Å². The highest BCUT2D eigenvalue weighted by Gasteiger charge is 2.16. The quantitative estimate of drug-likeness (QED) is 0.443. The monoisotopic (exact) mass is 131 g/mol.